The van der Waals surface area contributed by atoms with E-state index in [9.17, 15) is 5.11 Å². The molecule has 1 heterocycles. The van der Waals surface area contributed by atoms with Gasteiger partial charge in [0, 0.05) is 0 Å². The SMILES string of the molecule is Cc1ccc2ccccc2c1C=C(CO)B1OC(C)(C)C(C)(C)O1. The molecule has 0 spiro atoms. The van der Waals surface area contributed by atoms with Crippen LogP contribution in [-0.2, 0) is 9.31 Å². The van der Waals surface area contributed by atoms with Gasteiger partial charge in [0.1, 0.15) is 0 Å². The molecule has 0 amide bonds. The molecule has 0 aromatic heterocycles. The van der Waals surface area contributed by atoms with Crippen LogP contribution in [0, 0.1) is 6.92 Å². The lowest BCUT2D eigenvalue weighted by Crippen LogP contribution is -2.41. The molecule has 1 aliphatic heterocycles. The Morgan fingerprint density at radius 2 is 1.67 bits per heavy atom. The van der Waals surface area contributed by atoms with Gasteiger partial charge >= 0.3 is 7.12 Å². The van der Waals surface area contributed by atoms with Crippen molar-refractivity contribution in [2.75, 3.05) is 6.61 Å². The summed E-state index contributed by atoms with van der Waals surface area (Å²) in [6.07, 6.45) is 2.01. The van der Waals surface area contributed by atoms with Crippen molar-refractivity contribution in [1.29, 1.82) is 0 Å². The third-order valence-electron chi connectivity index (χ3n) is 5.26. The minimum absolute atomic E-state index is 0.0977. The van der Waals surface area contributed by atoms with Crippen LogP contribution in [0.1, 0.15) is 38.8 Å². The van der Waals surface area contributed by atoms with E-state index in [1.807, 2.05) is 45.9 Å². The third kappa shape index (κ3) is 2.90. The van der Waals surface area contributed by atoms with Crippen LogP contribution in [0.5, 0.6) is 0 Å². The molecule has 2 aromatic rings. The number of benzene rings is 2. The Morgan fingerprint density at radius 1 is 1.04 bits per heavy atom. The molecular formula is C20H25BO3. The molecule has 1 saturated heterocycles. The van der Waals surface area contributed by atoms with Gasteiger partial charge in [-0.3, -0.25) is 0 Å². The zero-order valence-electron chi connectivity index (χ0n) is 15.1. The predicted octanol–water partition coefficient (Wildman–Crippen LogP) is 4.16. The van der Waals surface area contributed by atoms with Crippen molar-refractivity contribution >= 4 is 24.0 Å². The molecule has 0 saturated carbocycles. The Labute approximate surface area is 144 Å². The monoisotopic (exact) mass is 324 g/mol. The highest BCUT2D eigenvalue weighted by molar-refractivity contribution is 6.56. The smallest absolute Gasteiger partial charge is 0.400 e. The topological polar surface area (TPSA) is 38.7 Å². The molecule has 0 bridgehead atoms. The molecule has 3 rings (SSSR count). The van der Waals surface area contributed by atoms with Crippen molar-refractivity contribution in [1.82, 2.24) is 0 Å². The number of aliphatic hydroxyl groups excluding tert-OH is 1. The number of aliphatic hydroxyl groups is 1. The van der Waals surface area contributed by atoms with Crippen LogP contribution < -0.4 is 0 Å². The van der Waals surface area contributed by atoms with Crippen LogP contribution in [0.4, 0.5) is 0 Å². The van der Waals surface area contributed by atoms with Gasteiger partial charge in [-0.05, 0) is 62.0 Å². The number of rotatable bonds is 3. The largest absolute Gasteiger partial charge is 0.492 e. The Balaban J connectivity index is 2.06. The van der Waals surface area contributed by atoms with Gasteiger partial charge in [0.15, 0.2) is 0 Å². The highest BCUT2D eigenvalue weighted by Crippen LogP contribution is 2.39. The third-order valence-corrected chi connectivity index (χ3v) is 5.26. The Hall–Kier alpha value is -1.62. The fraction of sp³-hybridized carbons (Fsp3) is 0.400. The first-order chi connectivity index (χ1) is 11.2. The second-order valence-electron chi connectivity index (χ2n) is 7.48. The summed E-state index contributed by atoms with van der Waals surface area (Å²) in [7, 11) is -0.529. The van der Waals surface area contributed by atoms with Crippen LogP contribution in [0.15, 0.2) is 41.9 Å². The molecule has 126 valence electrons. The van der Waals surface area contributed by atoms with E-state index in [4.69, 9.17) is 9.31 Å². The maximum atomic E-state index is 9.92. The molecular weight excluding hydrogens is 299 g/mol. The zero-order valence-corrected chi connectivity index (χ0v) is 15.1. The molecule has 0 aliphatic carbocycles. The lowest BCUT2D eigenvalue weighted by molar-refractivity contribution is 0.00578. The lowest BCUT2D eigenvalue weighted by Gasteiger charge is -2.32. The first-order valence-corrected chi connectivity index (χ1v) is 8.40. The number of hydrogen-bond donors (Lipinski definition) is 1. The molecule has 3 nitrogen and oxygen atoms in total. The van der Waals surface area contributed by atoms with Crippen molar-refractivity contribution in [3.8, 4) is 0 Å². The standard InChI is InChI=1S/C20H25BO3/c1-14-10-11-15-8-6-7-9-17(15)18(14)12-16(13-22)21-23-19(2,3)20(4,5)24-21/h6-12,22H,13H2,1-5H3. The first kappa shape index (κ1) is 17.2. The van der Waals surface area contributed by atoms with Crippen LogP contribution in [0.2, 0.25) is 0 Å². The summed E-state index contributed by atoms with van der Waals surface area (Å²) >= 11 is 0. The van der Waals surface area contributed by atoms with Crippen LogP contribution >= 0.6 is 0 Å². The van der Waals surface area contributed by atoms with Gasteiger partial charge in [0.25, 0.3) is 0 Å². The van der Waals surface area contributed by atoms with E-state index in [0.29, 0.717) is 0 Å². The molecule has 4 heteroatoms. The Morgan fingerprint density at radius 3 is 2.29 bits per heavy atom. The molecule has 1 aliphatic rings. The van der Waals surface area contributed by atoms with Gasteiger partial charge < -0.3 is 14.4 Å². The first-order valence-electron chi connectivity index (χ1n) is 8.40. The summed E-state index contributed by atoms with van der Waals surface area (Å²) in [6, 6.07) is 12.5. The van der Waals surface area contributed by atoms with E-state index in [0.717, 1.165) is 16.6 Å². The summed E-state index contributed by atoms with van der Waals surface area (Å²) in [5.41, 5.74) is 2.18. The van der Waals surface area contributed by atoms with E-state index in [1.165, 1.54) is 10.8 Å². The summed E-state index contributed by atoms with van der Waals surface area (Å²) in [5, 5.41) is 12.3. The summed E-state index contributed by atoms with van der Waals surface area (Å²) in [5.74, 6) is 0. The predicted molar refractivity (Wildman–Crippen MR) is 99.8 cm³/mol. The van der Waals surface area contributed by atoms with E-state index in [1.54, 1.807) is 0 Å². The molecule has 24 heavy (non-hydrogen) atoms. The molecule has 1 fully saturated rings. The fourth-order valence-corrected chi connectivity index (χ4v) is 2.96. The fourth-order valence-electron chi connectivity index (χ4n) is 2.96. The maximum absolute atomic E-state index is 9.92. The van der Waals surface area contributed by atoms with Crippen molar-refractivity contribution in [2.45, 2.75) is 45.8 Å². The quantitative estimate of drug-likeness (QED) is 0.862. The van der Waals surface area contributed by atoms with Crippen LogP contribution in [0.25, 0.3) is 16.8 Å². The summed E-state index contributed by atoms with van der Waals surface area (Å²) in [4.78, 5) is 0. The molecule has 2 aromatic carbocycles. The molecule has 0 unspecified atom stereocenters. The normalized spacial score (nSPS) is 19.9. The average molecular weight is 324 g/mol. The number of aryl methyl sites for hydroxylation is 1. The van der Waals surface area contributed by atoms with Gasteiger partial charge in [0.2, 0.25) is 0 Å². The molecule has 1 N–H and O–H groups in total. The van der Waals surface area contributed by atoms with Gasteiger partial charge in [-0.25, -0.2) is 0 Å². The Bertz CT molecular complexity index is 777. The average Bonchev–Trinajstić information content (AvgIpc) is 2.74. The number of fused-ring (bicyclic) bond motifs is 1. The lowest BCUT2D eigenvalue weighted by atomic mass is 9.77. The van der Waals surface area contributed by atoms with Crippen molar-refractivity contribution in [2.24, 2.45) is 0 Å². The minimum Gasteiger partial charge on any atom is -0.400 e. The molecule has 0 atom stereocenters. The van der Waals surface area contributed by atoms with Gasteiger partial charge in [0.05, 0.1) is 17.8 Å². The second kappa shape index (κ2) is 6.03. The van der Waals surface area contributed by atoms with E-state index < -0.39 is 18.3 Å². The van der Waals surface area contributed by atoms with Crippen LogP contribution in [0.3, 0.4) is 0 Å². The molecule has 0 radical (unpaired) electrons. The van der Waals surface area contributed by atoms with Crippen molar-refractivity contribution < 1.29 is 14.4 Å². The second-order valence-corrected chi connectivity index (χ2v) is 7.48. The van der Waals surface area contributed by atoms with Crippen LogP contribution in [-0.4, -0.2) is 30.0 Å². The zero-order chi connectivity index (χ0) is 17.5. The highest BCUT2D eigenvalue weighted by Gasteiger charge is 2.52. The number of hydrogen-bond acceptors (Lipinski definition) is 3. The van der Waals surface area contributed by atoms with Gasteiger partial charge in [-0.1, -0.05) is 42.5 Å². The van der Waals surface area contributed by atoms with Crippen molar-refractivity contribution in [3.05, 3.63) is 53.0 Å². The van der Waals surface area contributed by atoms with Crippen molar-refractivity contribution in [3.63, 3.8) is 0 Å². The van der Waals surface area contributed by atoms with E-state index in [-0.39, 0.29) is 6.61 Å². The Kier molecular flexibility index (Phi) is 4.33. The van der Waals surface area contributed by atoms with Gasteiger partial charge in [-0.2, -0.15) is 0 Å². The maximum Gasteiger partial charge on any atom is 0.492 e. The van der Waals surface area contributed by atoms with E-state index in [2.05, 4.69) is 31.2 Å². The highest BCUT2D eigenvalue weighted by atomic mass is 16.7. The van der Waals surface area contributed by atoms with Gasteiger partial charge in [-0.15, -0.1) is 0 Å². The minimum atomic E-state index is -0.529. The van der Waals surface area contributed by atoms with E-state index >= 15 is 0 Å². The summed E-state index contributed by atoms with van der Waals surface area (Å²) < 4.78 is 12.2. The summed E-state index contributed by atoms with van der Waals surface area (Å²) in [6.45, 7) is 10.1.